The molecule has 0 aliphatic carbocycles. The summed E-state index contributed by atoms with van der Waals surface area (Å²) in [5.41, 5.74) is 1.45. The zero-order valence-corrected chi connectivity index (χ0v) is 14.8. The second-order valence-corrected chi connectivity index (χ2v) is 6.21. The number of carboxylic acids is 1. The summed E-state index contributed by atoms with van der Waals surface area (Å²) >= 11 is 0. The molecule has 4 rings (SSSR count). The molecule has 0 amide bonds. The minimum atomic E-state index is -0.981. The fourth-order valence-electron chi connectivity index (χ4n) is 2.91. The topological polar surface area (TPSA) is 88.2 Å². The number of nitrogens with one attached hydrogen (secondary N) is 1. The summed E-state index contributed by atoms with van der Waals surface area (Å²) in [7, 11) is 0. The Hall–Kier alpha value is -4.06. The molecular formula is C22H16N2O4. The molecule has 0 saturated carbocycles. The number of nitrogens with zero attached hydrogens (tertiary/aromatic N) is 1. The minimum absolute atomic E-state index is 0.206. The van der Waals surface area contributed by atoms with Crippen LogP contribution in [0.1, 0.15) is 16.1 Å². The van der Waals surface area contributed by atoms with E-state index in [4.69, 9.17) is 9.52 Å². The largest absolute Gasteiger partial charge is 0.478 e. The molecular weight excluding hydrogens is 356 g/mol. The lowest BCUT2D eigenvalue weighted by Crippen LogP contribution is -2.33. The van der Waals surface area contributed by atoms with Gasteiger partial charge in [-0.05, 0) is 42.5 Å². The number of hydrogen-bond acceptors (Lipinski definition) is 3. The molecule has 2 heterocycles. The van der Waals surface area contributed by atoms with Crippen LogP contribution in [-0.2, 0) is 0 Å². The Balaban J connectivity index is 1.72. The van der Waals surface area contributed by atoms with Crippen LogP contribution in [0.25, 0.3) is 29.7 Å². The Labute approximate surface area is 159 Å². The summed E-state index contributed by atoms with van der Waals surface area (Å²) < 4.78 is 7.24. The first-order valence-corrected chi connectivity index (χ1v) is 8.53. The van der Waals surface area contributed by atoms with Gasteiger partial charge in [-0.1, -0.05) is 36.9 Å². The average Bonchev–Trinajstić information content (AvgIpc) is 3.29. The summed E-state index contributed by atoms with van der Waals surface area (Å²) in [4.78, 5) is 23.7. The Morgan fingerprint density at radius 3 is 2.43 bits per heavy atom. The molecule has 0 saturated heterocycles. The van der Waals surface area contributed by atoms with Crippen molar-refractivity contribution in [3.05, 3.63) is 99.0 Å². The third kappa shape index (κ3) is 3.19. The van der Waals surface area contributed by atoms with Gasteiger partial charge < -0.3 is 9.52 Å². The quantitative estimate of drug-likeness (QED) is 0.576. The molecule has 0 atom stereocenters. The third-order valence-electron chi connectivity index (χ3n) is 4.35. The zero-order valence-electron chi connectivity index (χ0n) is 14.8. The lowest BCUT2D eigenvalue weighted by Gasteiger charge is -1.98. The Kier molecular flexibility index (Phi) is 4.29. The molecule has 4 aromatic rings. The zero-order chi connectivity index (χ0) is 19.7. The van der Waals surface area contributed by atoms with E-state index in [1.807, 2.05) is 30.3 Å². The molecule has 0 aliphatic heterocycles. The predicted octanol–water partition coefficient (Wildman–Crippen LogP) is 2.36. The van der Waals surface area contributed by atoms with Gasteiger partial charge in [0.25, 0.3) is 5.56 Å². The molecule has 6 heteroatoms. The lowest BCUT2D eigenvalue weighted by molar-refractivity contribution is 0.0697. The number of rotatable bonds is 4. The van der Waals surface area contributed by atoms with E-state index in [1.165, 1.54) is 16.8 Å². The van der Waals surface area contributed by atoms with Crippen LogP contribution in [0.4, 0.5) is 0 Å². The van der Waals surface area contributed by atoms with Crippen LogP contribution < -0.4 is 16.1 Å². The molecule has 138 valence electrons. The number of hydrogen-bond donors (Lipinski definition) is 2. The molecule has 28 heavy (non-hydrogen) atoms. The van der Waals surface area contributed by atoms with E-state index in [0.29, 0.717) is 22.1 Å². The molecule has 2 aromatic carbocycles. The SMILES string of the molecule is C=c1[nH]n(-c2ccccc2)c(=O)/c1=C\c1ccc(-c2ccc(C(=O)O)cc2)o1. The van der Waals surface area contributed by atoms with Gasteiger partial charge in [0, 0.05) is 5.56 Å². The van der Waals surface area contributed by atoms with E-state index < -0.39 is 5.97 Å². The Morgan fingerprint density at radius 2 is 1.75 bits per heavy atom. The van der Waals surface area contributed by atoms with Crippen LogP contribution in [-0.4, -0.2) is 20.9 Å². The van der Waals surface area contributed by atoms with Crippen molar-refractivity contribution >= 4 is 18.6 Å². The van der Waals surface area contributed by atoms with Gasteiger partial charge in [0.1, 0.15) is 11.5 Å². The number of para-hydroxylation sites is 1. The van der Waals surface area contributed by atoms with Crippen molar-refractivity contribution in [2.24, 2.45) is 0 Å². The maximum Gasteiger partial charge on any atom is 0.335 e. The number of aromatic carboxylic acids is 1. The molecule has 0 fully saturated rings. The van der Waals surface area contributed by atoms with Crippen molar-refractivity contribution in [1.82, 2.24) is 9.78 Å². The van der Waals surface area contributed by atoms with Crippen LogP contribution in [0, 0.1) is 0 Å². The average molecular weight is 372 g/mol. The highest BCUT2D eigenvalue weighted by molar-refractivity contribution is 5.88. The molecule has 2 N–H and O–H groups in total. The van der Waals surface area contributed by atoms with Crippen molar-refractivity contribution in [1.29, 1.82) is 0 Å². The van der Waals surface area contributed by atoms with Crippen molar-refractivity contribution in [3.8, 4) is 17.0 Å². The minimum Gasteiger partial charge on any atom is -0.478 e. The van der Waals surface area contributed by atoms with Crippen molar-refractivity contribution in [3.63, 3.8) is 0 Å². The van der Waals surface area contributed by atoms with Gasteiger partial charge in [-0.25, -0.2) is 9.48 Å². The van der Waals surface area contributed by atoms with Gasteiger partial charge in [0.15, 0.2) is 0 Å². The fraction of sp³-hybridized carbons (Fsp3) is 0. The van der Waals surface area contributed by atoms with E-state index in [9.17, 15) is 9.59 Å². The van der Waals surface area contributed by atoms with Crippen molar-refractivity contribution < 1.29 is 14.3 Å². The number of furan rings is 1. The number of carbonyl (C=O) groups is 1. The highest BCUT2D eigenvalue weighted by Crippen LogP contribution is 2.22. The van der Waals surface area contributed by atoms with Crippen LogP contribution in [0.15, 0.2) is 75.9 Å². The first-order chi connectivity index (χ1) is 13.5. The second-order valence-electron chi connectivity index (χ2n) is 6.21. The normalized spacial score (nSPS) is 11.6. The first kappa shape index (κ1) is 17.4. The van der Waals surface area contributed by atoms with Gasteiger partial charge >= 0.3 is 5.97 Å². The van der Waals surface area contributed by atoms with Crippen LogP contribution in [0.3, 0.4) is 0 Å². The maximum absolute atomic E-state index is 12.7. The Bertz CT molecular complexity index is 1310. The molecule has 0 unspecified atom stereocenters. The number of carboxylic acid groups (broad SMARTS) is 1. The number of aromatic amines is 1. The van der Waals surface area contributed by atoms with Gasteiger partial charge in [-0.15, -0.1) is 0 Å². The second kappa shape index (κ2) is 6.92. The number of H-pyrrole nitrogens is 1. The molecule has 0 bridgehead atoms. The number of benzene rings is 2. The molecule has 6 nitrogen and oxygen atoms in total. The summed E-state index contributed by atoms with van der Waals surface area (Å²) in [6, 6.07) is 19.1. The van der Waals surface area contributed by atoms with E-state index in [0.717, 1.165) is 11.3 Å². The van der Waals surface area contributed by atoms with E-state index >= 15 is 0 Å². The third-order valence-corrected chi connectivity index (χ3v) is 4.35. The lowest BCUT2D eigenvalue weighted by atomic mass is 10.1. The van der Waals surface area contributed by atoms with E-state index in [2.05, 4.69) is 11.7 Å². The Morgan fingerprint density at radius 1 is 1.04 bits per heavy atom. The predicted molar refractivity (Wildman–Crippen MR) is 106 cm³/mol. The highest BCUT2D eigenvalue weighted by atomic mass is 16.4. The highest BCUT2D eigenvalue weighted by Gasteiger charge is 2.08. The maximum atomic E-state index is 12.7. The smallest absolute Gasteiger partial charge is 0.335 e. The standard InChI is InChI=1S/C22H16N2O4/c1-14-19(21(25)24(23-14)17-5-3-2-4-6-17)13-18-11-12-20(28-18)15-7-9-16(10-8-15)22(26)27/h2-13,23H,1H2,(H,26,27)/b19-13-. The van der Waals surface area contributed by atoms with Gasteiger partial charge in [-0.3, -0.25) is 9.89 Å². The van der Waals surface area contributed by atoms with Crippen molar-refractivity contribution in [2.45, 2.75) is 0 Å². The summed E-state index contributed by atoms with van der Waals surface area (Å²) in [6.45, 7) is 3.91. The van der Waals surface area contributed by atoms with Gasteiger partial charge in [0.05, 0.1) is 21.8 Å². The van der Waals surface area contributed by atoms with Crippen LogP contribution in [0.5, 0.6) is 0 Å². The number of aromatic nitrogens is 2. The van der Waals surface area contributed by atoms with Crippen LogP contribution >= 0.6 is 0 Å². The fourth-order valence-corrected chi connectivity index (χ4v) is 2.91. The van der Waals surface area contributed by atoms with Crippen LogP contribution in [0.2, 0.25) is 0 Å². The summed E-state index contributed by atoms with van der Waals surface area (Å²) in [6.07, 6.45) is 1.63. The first-order valence-electron chi connectivity index (χ1n) is 8.53. The van der Waals surface area contributed by atoms with E-state index in [-0.39, 0.29) is 11.1 Å². The summed E-state index contributed by atoms with van der Waals surface area (Å²) in [5, 5.41) is 12.8. The molecule has 0 radical (unpaired) electrons. The van der Waals surface area contributed by atoms with Gasteiger partial charge in [0.2, 0.25) is 0 Å². The molecule has 0 spiro atoms. The van der Waals surface area contributed by atoms with E-state index in [1.54, 1.807) is 30.3 Å². The summed E-state index contributed by atoms with van der Waals surface area (Å²) in [5.74, 6) is 0.0939. The van der Waals surface area contributed by atoms with Crippen molar-refractivity contribution in [2.75, 3.05) is 0 Å². The molecule has 2 aromatic heterocycles. The monoisotopic (exact) mass is 372 g/mol. The molecule has 0 aliphatic rings. The van der Waals surface area contributed by atoms with Gasteiger partial charge in [-0.2, -0.15) is 0 Å².